The minimum absolute atomic E-state index is 0. The first-order valence-electron chi connectivity index (χ1n) is 5.17. The summed E-state index contributed by atoms with van der Waals surface area (Å²) in [6.07, 6.45) is 1.58. The number of rotatable bonds is 3. The SMILES string of the molecule is CCn1ncnc1CNC1=NCCN1C.I. The van der Waals surface area contributed by atoms with Crippen LogP contribution >= 0.6 is 24.0 Å². The Balaban J connectivity index is 0.00000128. The van der Waals surface area contributed by atoms with Crippen molar-refractivity contribution in [1.82, 2.24) is 25.0 Å². The molecule has 1 N–H and O–H groups in total. The van der Waals surface area contributed by atoms with Crippen LogP contribution < -0.4 is 5.32 Å². The van der Waals surface area contributed by atoms with Crippen molar-refractivity contribution in [3.8, 4) is 0 Å². The number of nitrogens with one attached hydrogen (secondary N) is 1. The Labute approximate surface area is 112 Å². The fourth-order valence-corrected chi connectivity index (χ4v) is 1.57. The smallest absolute Gasteiger partial charge is 0.194 e. The molecule has 7 heteroatoms. The van der Waals surface area contributed by atoms with E-state index < -0.39 is 0 Å². The van der Waals surface area contributed by atoms with Crippen LogP contribution in [0.25, 0.3) is 0 Å². The zero-order chi connectivity index (χ0) is 10.7. The molecule has 0 aliphatic carbocycles. The molecule has 0 radical (unpaired) electrons. The second-order valence-electron chi connectivity index (χ2n) is 3.47. The summed E-state index contributed by atoms with van der Waals surface area (Å²) < 4.78 is 1.88. The third-order valence-corrected chi connectivity index (χ3v) is 2.46. The van der Waals surface area contributed by atoms with Crippen molar-refractivity contribution in [2.24, 2.45) is 4.99 Å². The van der Waals surface area contributed by atoms with Gasteiger partial charge in [0.15, 0.2) is 5.96 Å². The van der Waals surface area contributed by atoms with Gasteiger partial charge in [0, 0.05) is 20.1 Å². The van der Waals surface area contributed by atoms with Gasteiger partial charge in [-0.05, 0) is 6.92 Å². The van der Waals surface area contributed by atoms with E-state index in [1.165, 1.54) is 0 Å². The number of guanidine groups is 1. The summed E-state index contributed by atoms with van der Waals surface area (Å²) in [6.45, 7) is 5.44. The highest BCUT2D eigenvalue weighted by molar-refractivity contribution is 14.0. The van der Waals surface area contributed by atoms with Crippen LogP contribution in [0.3, 0.4) is 0 Å². The molecule has 1 aromatic heterocycles. The van der Waals surface area contributed by atoms with Gasteiger partial charge < -0.3 is 10.2 Å². The van der Waals surface area contributed by atoms with Gasteiger partial charge in [0.25, 0.3) is 0 Å². The van der Waals surface area contributed by atoms with E-state index in [1.54, 1.807) is 6.33 Å². The molecule has 0 unspecified atom stereocenters. The highest BCUT2D eigenvalue weighted by Crippen LogP contribution is 1.98. The summed E-state index contributed by atoms with van der Waals surface area (Å²) in [5.74, 6) is 1.89. The first kappa shape index (κ1) is 13.2. The number of hydrogen-bond donors (Lipinski definition) is 1. The normalized spacial score (nSPS) is 14.6. The number of hydrogen-bond acceptors (Lipinski definition) is 5. The Morgan fingerprint density at radius 3 is 2.94 bits per heavy atom. The van der Waals surface area contributed by atoms with Crippen LogP contribution in [0.5, 0.6) is 0 Å². The van der Waals surface area contributed by atoms with Gasteiger partial charge in [0.1, 0.15) is 12.2 Å². The molecule has 0 spiro atoms. The summed E-state index contributed by atoms with van der Waals surface area (Å²) in [4.78, 5) is 10.6. The predicted octanol–water partition coefficient (Wildman–Crippen LogP) is 0.307. The highest BCUT2D eigenvalue weighted by Gasteiger charge is 2.12. The van der Waals surface area contributed by atoms with Crippen molar-refractivity contribution in [3.05, 3.63) is 12.2 Å². The van der Waals surface area contributed by atoms with E-state index in [4.69, 9.17) is 0 Å². The standard InChI is InChI=1S/C9H16N6.HI/c1-3-15-8(12-7-13-15)6-11-9-10-4-5-14(9)2;/h7H,3-6H2,1-2H3,(H,10,11);1H. The molecule has 0 saturated carbocycles. The Morgan fingerprint density at radius 1 is 1.50 bits per heavy atom. The summed E-state index contributed by atoms with van der Waals surface area (Å²) in [5, 5.41) is 7.37. The maximum Gasteiger partial charge on any atom is 0.194 e. The quantitative estimate of drug-likeness (QED) is 0.807. The molecule has 1 aliphatic rings. The maximum atomic E-state index is 4.35. The summed E-state index contributed by atoms with van der Waals surface area (Å²) in [7, 11) is 2.03. The Bertz CT molecular complexity index is 361. The van der Waals surface area contributed by atoms with Crippen LogP contribution in [-0.2, 0) is 13.1 Å². The van der Waals surface area contributed by atoms with Gasteiger partial charge in [-0.3, -0.25) is 4.99 Å². The minimum atomic E-state index is 0. The van der Waals surface area contributed by atoms with Crippen LogP contribution in [-0.4, -0.2) is 45.8 Å². The van der Waals surface area contributed by atoms with Gasteiger partial charge in [-0.25, -0.2) is 9.67 Å². The summed E-state index contributed by atoms with van der Waals surface area (Å²) in [6, 6.07) is 0. The lowest BCUT2D eigenvalue weighted by molar-refractivity contribution is 0.526. The molecule has 0 atom stereocenters. The maximum absolute atomic E-state index is 4.35. The largest absolute Gasteiger partial charge is 0.349 e. The molecular weight excluding hydrogens is 319 g/mol. The lowest BCUT2D eigenvalue weighted by atomic mass is 10.5. The average molecular weight is 336 g/mol. The number of halogens is 1. The van der Waals surface area contributed by atoms with Gasteiger partial charge in [-0.2, -0.15) is 5.10 Å². The zero-order valence-electron chi connectivity index (χ0n) is 9.55. The van der Waals surface area contributed by atoms with Gasteiger partial charge in [-0.15, -0.1) is 24.0 Å². The monoisotopic (exact) mass is 336 g/mol. The molecule has 6 nitrogen and oxygen atoms in total. The molecule has 0 amide bonds. The number of aliphatic imine (C=N–C) groups is 1. The Morgan fingerprint density at radius 2 is 2.31 bits per heavy atom. The van der Waals surface area contributed by atoms with Crippen molar-refractivity contribution in [2.75, 3.05) is 20.1 Å². The second kappa shape index (κ2) is 6.02. The lowest BCUT2D eigenvalue weighted by Gasteiger charge is -2.14. The summed E-state index contributed by atoms with van der Waals surface area (Å²) in [5.41, 5.74) is 0. The van der Waals surface area contributed by atoms with Crippen LogP contribution in [0.15, 0.2) is 11.3 Å². The van der Waals surface area contributed by atoms with E-state index in [0.29, 0.717) is 6.54 Å². The van der Waals surface area contributed by atoms with Crippen LogP contribution in [0.4, 0.5) is 0 Å². The van der Waals surface area contributed by atoms with E-state index in [1.807, 2.05) is 11.7 Å². The molecule has 16 heavy (non-hydrogen) atoms. The van der Waals surface area contributed by atoms with E-state index in [9.17, 15) is 0 Å². The van der Waals surface area contributed by atoms with E-state index in [0.717, 1.165) is 31.4 Å². The molecule has 90 valence electrons. The van der Waals surface area contributed by atoms with E-state index in [2.05, 4.69) is 32.2 Å². The molecule has 0 saturated heterocycles. The number of nitrogens with zero attached hydrogens (tertiary/aromatic N) is 5. The second-order valence-corrected chi connectivity index (χ2v) is 3.47. The molecule has 1 aromatic rings. The fourth-order valence-electron chi connectivity index (χ4n) is 1.57. The molecule has 2 rings (SSSR count). The zero-order valence-corrected chi connectivity index (χ0v) is 11.9. The number of likely N-dealkylation sites (N-methyl/N-ethyl adjacent to an activating group) is 1. The summed E-state index contributed by atoms with van der Waals surface area (Å²) >= 11 is 0. The van der Waals surface area contributed by atoms with Crippen LogP contribution in [0.1, 0.15) is 12.7 Å². The Kier molecular flexibility index (Phi) is 4.97. The first-order valence-corrected chi connectivity index (χ1v) is 5.17. The first-order chi connectivity index (χ1) is 7.31. The van der Waals surface area contributed by atoms with E-state index in [-0.39, 0.29) is 24.0 Å². The highest BCUT2D eigenvalue weighted by atomic mass is 127. The minimum Gasteiger partial charge on any atom is -0.349 e. The molecule has 2 heterocycles. The van der Waals surface area contributed by atoms with Crippen molar-refractivity contribution < 1.29 is 0 Å². The number of aryl methyl sites for hydroxylation is 1. The molecule has 1 aliphatic heterocycles. The number of aromatic nitrogens is 3. The predicted molar refractivity (Wildman–Crippen MR) is 72.9 cm³/mol. The topological polar surface area (TPSA) is 58.3 Å². The lowest BCUT2D eigenvalue weighted by Crippen LogP contribution is -2.35. The van der Waals surface area contributed by atoms with Crippen molar-refractivity contribution in [1.29, 1.82) is 0 Å². The van der Waals surface area contributed by atoms with Crippen molar-refractivity contribution in [2.45, 2.75) is 20.0 Å². The fraction of sp³-hybridized carbons (Fsp3) is 0.667. The van der Waals surface area contributed by atoms with Crippen molar-refractivity contribution in [3.63, 3.8) is 0 Å². The molecular formula is C9H17IN6. The average Bonchev–Trinajstić information content (AvgIpc) is 2.83. The third kappa shape index (κ3) is 2.83. The van der Waals surface area contributed by atoms with Gasteiger partial charge in [-0.1, -0.05) is 0 Å². The third-order valence-electron chi connectivity index (χ3n) is 2.46. The molecule has 0 bridgehead atoms. The molecule has 0 aromatic carbocycles. The van der Waals surface area contributed by atoms with E-state index >= 15 is 0 Å². The van der Waals surface area contributed by atoms with Crippen LogP contribution in [0, 0.1) is 0 Å². The van der Waals surface area contributed by atoms with Crippen molar-refractivity contribution >= 4 is 29.9 Å². The van der Waals surface area contributed by atoms with Gasteiger partial charge in [0.05, 0.1) is 13.1 Å². The van der Waals surface area contributed by atoms with Crippen LogP contribution in [0.2, 0.25) is 0 Å². The van der Waals surface area contributed by atoms with Gasteiger partial charge in [0.2, 0.25) is 0 Å². The molecule has 0 fully saturated rings. The van der Waals surface area contributed by atoms with Gasteiger partial charge >= 0.3 is 0 Å². The Hall–Kier alpha value is -0.860.